The number of likely N-dealkylation sites (N-methyl/N-ethyl adjacent to an activating group) is 1. The van der Waals surface area contributed by atoms with Crippen molar-refractivity contribution in [2.24, 2.45) is 0 Å². The Balaban J connectivity index is 0.00000144. The zero-order valence-corrected chi connectivity index (χ0v) is 10.3. The monoisotopic (exact) mass is 219 g/mol. The van der Waals surface area contributed by atoms with Gasteiger partial charge in [0.2, 0.25) is 0 Å². The zero-order valence-electron chi connectivity index (χ0n) is 10.3. The van der Waals surface area contributed by atoms with Gasteiger partial charge in [-0.1, -0.05) is 56.5 Å². The third-order valence-corrected chi connectivity index (χ3v) is 3.91. The Morgan fingerprint density at radius 1 is 1.12 bits per heavy atom. The Bertz CT molecular complexity index is 304. The first-order valence-electron chi connectivity index (χ1n) is 6.64. The molecule has 0 bridgehead atoms. The van der Waals surface area contributed by atoms with Gasteiger partial charge in [0.25, 0.3) is 0 Å². The average molecular weight is 219 g/mol. The van der Waals surface area contributed by atoms with Gasteiger partial charge in [-0.05, 0) is 24.9 Å². The van der Waals surface area contributed by atoms with E-state index in [9.17, 15) is 0 Å². The molecule has 1 aliphatic carbocycles. The van der Waals surface area contributed by atoms with Gasteiger partial charge in [-0.3, -0.25) is 0 Å². The molecule has 1 saturated carbocycles. The van der Waals surface area contributed by atoms with Gasteiger partial charge in [0, 0.05) is 13.4 Å². The normalized spacial score (nSPS) is 19.6. The lowest BCUT2D eigenvalue weighted by Crippen LogP contribution is -2.39. The number of hydrogen-bond donors (Lipinski definition) is 1. The highest BCUT2D eigenvalue weighted by molar-refractivity contribution is 5.26. The zero-order chi connectivity index (χ0) is 11.3. The minimum Gasteiger partial charge on any atom is -0.316 e. The fourth-order valence-electron chi connectivity index (χ4n) is 2.95. The Labute approximate surface area is 101 Å². The standard InChI is InChI=1S/C15H23N.H2/c1-2-16-13-15(11-7-4-8-12-15)14-9-5-3-6-10-14;/h3,5-6,9-10,16H,2,4,7-8,11-13H2,1H3;1H. The first-order chi connectivity index (χ1) is 7.87. The number of rotatable bonds is 4. The molecule has 1 N–H and O–H groups in total. The molecule has 0 spiro atoms. The molecule has 2 rings (SSSR count). The molecule has 90 valence electrons. The second-order valence-electron chi connectivity index (χ2n) is 4.99. The largest absolute Gasteiger partial charge is 0.316 e. The smallest absolute Gasteiger partial charge is 0.00777 e. The quantitative estimate of drug-likeness (QED) is 0.813. The van der Waals surface area contributed by atoms with Crippen molar-refractivity contribution in [3.05, 3.63) is 35.9 Å². The van der Waals surface area contributed by atoms with E-state index in [2.05, 4.69) is 42.6 Å². The van der Waals surface area contributed by atoms with E-state index in [1.165, 1.54) is 37.7 Å². The van der Waals surface area contributed by atoms with Crippen molar-refractivity contribution in [1.29, 1.82) is 0 Å². The van der Waals surface area contributed by atoms with Crippen molar-refractivity contribution in [2.75, 3.05) is 13.1 Å². The van der Waals surface area contributed by atoms with E-state index in [0.29, 0.717) is 5.41 Å². The average Bonchev–Trinajstić information content (AvgIpc) is 2.38. The summed E-state index contributed by atoms with van der Waals surface area (Å²) in [5, 5.41) is 3.56. The van der Waals surface area contributed by atoms with Gasteiger partial charge in [-0.25, -0.2) is 0 Å². The molecule has 16 heavy (non-hydrogen) atoms. The molecule has 1 aliphatic rings. The maximum atomic E-state index is 3.56. The van der Waals surface area contributed by atoms with Crippen LogP contribution in [0.5, 0.6) is 0 Å². The molecule has 1 aromatic rings. The molecule has 0 saturated heterocycles. The summed E-state index contributed by atoms with van der Waals surface area (Å²) in [5.74, 6) is 0. The van der Waals surface area contributed by atoms with Crippen LogP contribution >= 0.6 is 0 Å². The Morgan fingerprint density at radius 2 is 1.81 bits per heavy atom. The van der Waals surface area contributed by atoms with Gasteiger partial charge < -0.3 is 5.32 Å². The molecule has 1 aromatic carbocycles. The second-order valence-corrected chi connectivity index (χ2v) is 4.99. The highest BCUT2D eigenvalue weighted by atomic mass is 14.9. The van der Waals surface area contributed by atoms with E-state index in [1.54, 1.807) is 0 Å². The van der Waals surface area contributed by atoms with Crippen LogP contribution in [0.25, 0.3) is 0 Å². The van der Waals surface area contributed by atoms with E-state index in [0.717, 1.165) is 13.1 Å². The van der Waals surface area contributed by atoms with E-state index in [4.69, 9.17) is 0 Å². The van der Waals surface area contributed by atoms with Crippen molar-refractivity contribution in [3.8, 4) is 0 Å². The summed E-state index contributed by atoms with van der Waals surface area (Å²) in [6, 6.07) is 11.1. The van der Waals surface area contributed by atoms with E-state index in [-0.39, 0.29) is 1.43 Å². The second kappa shape index (κ2) is 5.49. The SMILES string of the molecule is CCNCC1(c2ccccc2)CCCCC1.[HH]. The Morgan fingerprint density at radius 3 is 2.44 bits per heavy atom. The Kier molecular flexibility index (Phi) is 4.00. The molecule has 1 heteroatoms. The van der Waals surface area contributed by atoms with Crippen LogP contribution in [0.15, 0.2) is 30.3 Å². The summed E-state index contributed by atoms with van der Waals surface area (Å²) in [5.41, 5.74) is 1.95. The van der Waals surface area contributed by atoms with Crippen molar-refractivity contribution >= 4 is 0 Å². The summed E-state index contributed by atoms with van der Waals surface area (Å²) in [7, 11) is 0. The van der Waals surface area contributed by atoms with Crippen LogP contribution in [-0.2, 0) is 5.41 Å². The van der Waals surface area contributed by atoms with E-state index in [1.807, 2.05) is 0 Å². The van der Waals surface area contributed by atoms with Crippen molar-refractivity contribution in [3.63, 3.8) is 0 Å². The molecule has 0 atom stereocenters. The van der Waals surface area contributed by atoms with Gasteiger partial charge in [-0.15, -0.1) is 0 Å². The van der Waals surface area contributed by atoms with Gasteiger partial charge >= 0.3 is 0 Å². The minimum absolute atomic E-state index is 0. The first-order valence-corrected chi connectivity index (χ1v) is 6.64. The fraction of sp³-hybridized carbons (Fsp3) is 0.600. The molecule has 0 heterocycles. The molecule has 0 amide bonds. The molecule has 1 nitrogen and oxygen atoms in total. The van der Waals surface area contributed by atoms with Crippen LogP contribution in [0.4, 0.5) is 0 Å². The van der Waals surface area contributed by atoms with Crippen LogP contribution in [-0.4, -0.2) is 13.1 Å². The maximum absolute atomic E-state index is 3.56. The maximum Gasteiger partial charge on any atom is 0.00777 e. The topological polar surface area (TPSA) is 12.0 Å². The van der Waals surface area contributed by atoms with Gasteiger partial charge in [0.1, 0.15) is 0 Å². The van der Waals surface area contributed by atoms with Crippen LogP contribution in [0, 0.1) is 0 Å². The molecule has 0 unspecified atom stereocenters. The van der Waals surface area contributed by atoms with Crippen LogP contribution in [0.2, 0.25) is 0 Å². The molecular weight excluding hydrogens is 194 g/mol. The van der Waals surface area contributed by atoms with Gasteiger partial charge in [-0.2, -0.15) is 0 Å². The van der Waals surface area contributed by atoms with Crippen LogP contribution in [0.1, 0.15) is 46.0 Å². The molecule has 0 aromatic heterocycles. The summed E-state index contributed by atoms with van der Waals surface area (Å²) in [6.45, 7) is 4.42. The van der Waals surface area contributed by atoms with Crippen molar-refractivity contribution in [2.45, 2.75) is 44.4 Å². The lowest BCUT2D eigenvalue weighted by atomic mass is 9.69. The highest BCUT2D eigenvalue weighted by Crippen LogP contribution is 2.38. The van der Waals surface area contributed by atoms with Crippen molar-refractivity contribution in [1.82, 2.24) is 5.32 Å². The summed E-state index contributed by atoms with van der Waals surface area (Å²) in [4.78, 5) is 0. The third kappa shape index (κ3) is 2.46. The minimum atomic E-state index is 0. The number of benzene rings is 1. The van der Waals surface area contributed by atoms with E-state index < -0.39 is 0 Å². The highest BCUT2D eigenvalue weighted by Gasteiger charge is 2.32. The molecular formula is C15H25N. The summed E-state index contributed by atoms with van der Waals surface area (Å²) >= 11 is 0. The van der Waals surface area contributed by atoms with Gasteiger partial charge in [0.05, 0.1) is 0 Å². The number of nitrogens with one attached hydrogen (secondary N) is 1. The summed E-state index contributed by atoms with van der Waals surface area (Å²) in [6.07, 6.45) is 6.90. The van der Waals surface area contributed by atoms with Crippen LogP contribution in [0.3, 0.4) is 0 Å². The molecule has 1 fully saturated rings. The Hall–Kier alpha value is -0.820. The molecule has 0 aliphatic heterocycles. The first kappa shape index (κ1) is 11.7. The van der Waals surface area contributed by atoms with Crippen LogP contribution < -0.4 is 5.32 Å². The van der Waals surface area contributed by atoms with Gasteiger partial charge in [0.15, 0.2) is 0 Å². The van der Waals surface area contributed by atoms with E-state index >= 15 is 0 Å². The third-order valence-electron chi connectivity index (χ3n) is 3.91. The predicted molar refractivity (Wildman–Crippen MR) is 71.9 cm³/mol. The summed E-state index contributed by atoms with van der Waals surface area (Å²) < 4.78 is 0. The molecule has 0 radical (unpaired) electrons. The lowest BCUT2D eigenvalue weighted by molar-refractivity contribution is 0.282. The predicted octanol–water partition coefficient (Wildman–Crippen LogP) is 3.74. The number of hydrogen-bond acceptors (Lipinski definition) is 1. The van der Waals surface area contributed by atoms with Crippen molar-refractivity contribution < 1.29 is 1.43 Å². The fourth-order valence-corrected chi connectivity index (χ4v) is 2.95. The lowest BCUT2D eigenvalue weighted by Gasteiger charge is -2.38.